The standard InChI is InChI=1S/C12H20N4O/c1-5-13-11(17)7-14-12-15-9(4)6-10(16-12)8(2)3/h6,8H,5,7H2,1-4H3,(H,13,17)(H,14,15,16). The Kier molecular flexibility index (Phi) is 4.87. The molecule has 0 saturated carbocycles. The topological polar surface area (TPSA) is 66.9 Å². The van der Waals surface area contributed by atoms with E-state index in [2.05, 4.69) is 34.4 Å². The van der Waals surface area contributed by atoms with Crippen molar-refractivity contribution in [3.8, 4) is 0 Å². The number of nitrogens with one attached hydrogen (secondary N) is 2. The summed E-state index contributed by atoms with van der Waals surface area (Å²) in [5, 5.41) is 5.64. The molecule has 0 aliphatic heterocycles. The second-order valence-electron chi connectivity index (χ2n) is 4.22. The molecule has 1 rings (SSSR count). The summed E-state index contributed by atoms with van der Waals surface area (Å²) in [5.41, 5.74) is 1.89. The molecular formula is C12H20N4O. The molecule has 94 valence electrons. The average Bonchev–Trinajstić information content (AvgIpc) is 2.26. The van der Waals surface area contributed by atoms with Crippen LogP contribution in [0.3, 0.4) is 0 Å². The van der Waals surface area contributed by atoms with Crippen LogP contribution in [0.2, 0.25) is 0 Å². The number of rotatable bonds is 5. The van der Waals surface area contributed by atoms with E-state index in [9.17, 15) is 4.79 Å². The maximum atomic E-state index is 11.3. The van der Waals surface area contributed by atoms with E-state index in [1.54, 1.807) is 0 Å². The Morgan fingerprint density at radius 3 is 2.71 bits per heavy atom. The van der Waals surface area contributed by atoms with Crippen molar-refractivity contribution in [2.45, 2.75) is 33.6 Å². The maximum Gasteiger partial charge on any atom is 0.239 e. The largest absolute Gasteiger partial charge is 0.355 e. The molecule has 0 bridgehead atoms. The Labute approximate surface area is 102 Å². The highest BCUT2D eigenvalue weighted by molar-refractivity contribution is 5.80. The zero-order chi connectivity index (χ0) is 12.8. The quantitative estimate of drug-likeness (QED) is 0.812. The number of aromatic nitrogens is 2. The first-order valence-electron chi connectivity index (χ1n) is 5.89. The highest BCUT2D eigenvalue weighted by atomic mass is 16.1. The third-order valence-electron chi connectivity index (χ3n) is 2.25. The van der Waals surface area contributed by atoms with Crippen molar-refractivity contribution >= 4 is 11.9 Å². The summed E-state index contributed by atoms with van der Waals surface area (Å²) in [6.45, 7) is 8.80. The van der Waals surface area contributed by atoms with Gasteiger partial charge in [-0.15, -0.1) is 0 Å². The average molecular weight is 236 g/mol. The van der Waals surface area contributed by atoms with Crippen LogP contribution in [-0.2, 0) is 4.79 Å². The predicted octanol–water partition coefficient (Wildman–Crippen LogP) is 1.46. The molecule has 0 aliphatic rings. The van der Waals surface area contributed by atoms with Gasteiger partial charge in [-0.05, 0) is 25.8 Å². The van der Waals surface area contributed by atoms with Crippen molar-refractivity contribution in [3.05, 3.63) is 17.5 Å². The number of amides is 1. The first kappa shape index (κ1) is 13.4. The Morgan fingerprint density at radius 1 is 1.41 bits per heavy atom. The van der Waals surface area contributed by atoms with Gasteiger partial charge in [-0.3, -0.25) is 4.79 Å². The van der Waals surface area contributed by atoms with Crippen molar-refractivity contribution in [1.29, 1.82) is 0 Å². The van der Waals surface area contributed by atoms with Crippen LogP contribution in [0, 0.1) is 6.92 Å². The normalized spacial score (nSPS) is 10.4. The van der Waals surface area contributed by atoms with E-state index >= 15 is 0 Å². The Morgan fingerprint density at radius 2 is 2.12 bits per heavy atom. The van der Waals surface area contributed by atoms with E-state index in [4.69, 9.17) is 0 Å². The zero-order valence-corrected chi connectivity index (χ0v) is 10.9. The summed E-state index contributed by atoms with van der Waals surface area (Å²) in [5.74, 6) is 0.811. The van der Waals surface area contributed by atoms with Gasteiger partial charge in [0.25, 0.3) is 0 Å². The van der Waals surface area contributed by atoms with Gasteiger partial charge in [0, 0.05) is 17.9 Å². The lowest BCUT2D eigenvalue weighted by Crippen LogP contribution is -2.30. The minimum Gasteiger partial charge on any atom is -0.355 e. The minimum atomic E-state index is -0.0521. The van der Waals surface area contributed by atoms with Gasteiger partial charge in [0.15, 0.2) is 0 Å². The first-order valence-corrected chi connectivity index (χ1v) is 5.89. The van der Waals surface area contributed by atoms with Crippen molar-refractivity contribution < 1.29 is 4.79 Å². The maximum absolute atomic E-state index is 11.3. The second kappa shape index (κ2) is 6.18. The van der Waals surface area contributed by atoms with Gasteiger partial charge in [0.1, 0.15) is 0 Å². The van der Waals surface area contributed by atoms with Gasteiger partial charge in [-0.2, -0.15) is 0 Å². The fraction of sp³-hybridized carbons (Fsp3) is 0.583. The van der Waals surface area contributed by atoms with Crippen LogP contribution < -0.4 is 10.6 Å². The lowest BCUT2D eigenvalue weighted by atomic mass is 10.1. The number of aryl methyl sites for hydroxylation is 1. The lowest BCUT2D eigenvalue weighted by molar-refractivity contribution is -0.119. The van der Waals surface area contributed by atoms with E-state index in [1.165, 1.54) is 0 Å². The predicted molar refractivity (Wildman–Crippen MR) is 68.0 cm³/mol. The van der Waals surface area contributed by atoms with Crippen LogP contribution in [0.15, 0.2) is 6.07 Å². The number of likely N-dealkylation sites (N-methyl/N-ethyl adjacent to an activating group) is 1. The summed E-state index contributed by atoms with van der Waals surface area (Å²) in [7, 11) is 0. The van der Waals surface area contributed by atoms with Gasteiger partial charge in [-0.1, -0.05) is 13.8 Å². The van der Waals surface area contributed by atoms with Crippen LogP contribution in [0.5, 0.6) is 0 Å². The molecule has 0 spiro atoms. The van der Waals surface area contributed by atoms with Gasteiger partial charge < -0.3 is 10.6 Å². The van der Waals surface area contributed by atoms with Crippen LogP contribution in [0.1, 0.15) is 38.1 Å². The summed E-state index contributed by atoms with van der Waals surface area (Å²) < 4.78 is 0. The third kappa shape index (κ3) is 4.38. The van der Waals surface area contributed by atoms with Crippen molar-refractivity contribution in [3.63, 3.8) is 0 Å². The summed E-state index contributed by atoms with van der Waals surface area (Å²) in [6.07, 6.45) is 0. The number of anilines is 1. The van der Waals surface area contributed by atoms with E-state index in [1.807, 2.05) is 19.9 Å². The number of carbonyl (C=O) groups excluding carboxylic acids is 1. The molecule has 0 aromatic carbocycles. The summed E-state index contributed by atoms with van der Waals surface area (Å²) in [4.78, 5) is 19.9. The molecule has 1 aromatic heterocycles. The monoisotopic (exact) mass is 236 g/mol. The molecule has 0 radical (unpaired) electrons. The van der Waals surface area contributed by atoms with Crippen LogP contribution in [0.25, 0.3) is 0 Å². The number of carbonyl (C=O) groups is 1. The fourth-order valence-electron chi connectivity index (χ4n) is 1.39. The summed E-state index contributed by atoms with van der Waals surface area (Å²) >= 11 is 0. The summed E-state index contributed by atoms with van der Waals surface area (Å²) in [6, 6.07) is 1.96. The molecule has 0 aliphatic carbocycles. The SMILES string of the molecule is CCNC(=O)CNc1nc(C)cc(C(C)C)n1. The fourth-order valence-corrected chi connectivity index (χ4v) is 1.39. The van der Waals surface area contributed by atoms with Gasteiger partial charge in [0.2, 0.25) is 11.9 Å². The van der Waals surface area contributed by atoms with Crippen molar-refractivity contribution in [2.75, 3.05) is 18.4 Å². The molecular weight excluding hydrogens is 216 g/mol. The lowest BCUT2D eigenvalue weighted by Gasteiger charge is -2.09. The molecule has 5 nitrogen and oxygen atoms in total. The van der Waals surface area contributed by atoms with Crippen molar-refractivity contribution in [1.82, 2.24) is 15.3 Å². The number of hydrogen-bond donors (Lipinski definition) is 2. The van der Waals surface area contributed by atoms with Gasteiger partial charge >= 0.3 is 0 Å². The molecule has 1 aromatic rings. The smallest absolute Gasteiger partial charge is 0.239 e. The zero-order valence-electron chi connectivity index (χ0n) is 10.9. The van der Waals surface area contributed by atoms with Gasteiger partial charge in [-0.25, -0.2) is 9.97 Å². The second-order valence-corrected chi connectivity index (χ2v) is 4.22. The van der Waals surface area contributed by atoms with Gasteiger partial charge in [0.05, 0.1) is 6.54 Å². The minimum absolute atomic E-state index is 0.0521. The molecule has 0 fully saturated rings. The third-order valence-corrected chi connectivity index (χ3v) is 2.25. The number of nitrogens with zero attached hydrogens (tertiary/aromatic N) is 2. The molecule has 5 heteroatoms. The van der Waals surface area contributed by atoms with E-state index < -0.39 is 0 Å². The molecule has 0 atom stereocenters. The highest BCUT2D eigenvalue weighted by Gasteiger charge is 2.06. The van der Waals surface area contributed by atoms with E-state index in [0.29, 0.717) is 18.4 Å². The highest BCUT2D eigenvalue weighted by Crippen LogP contribution is 2.14. The molecule has 1 amide bonds. The molecule has 17 heavy (non-hydrogen) atoms. The molecule has 1 heterocycles. The Balaban J connectivity index is 2.68. The molecule has 0 saturated heterocycles. The molecule has 2 N–H and O–H groups in total. The number of hydrogen-bond acceptors (Lipinski definition) is 4. The van der Waals surface area contributed by atoms with Crippen LogP contribution >= 0.6 is 0 Å². The first-order chi connectivity index (χ1) is 8.02. The Hall–Kier alpha value is -1.65. The van der Waals surface area contributed by atoms with Crippen LogP contribution in [0.4, 0.5) is 5.95 Å². The van der Waals surface area contributed by atoms with Crippen LogP contribution in [-0.4, -0.2) is 29.0 Å². The Bertz CT molecular complexity index is 390. The molecule has 0 unspecified atom stereocenters. The van der Waals surface area contributed by atoms with Crippen molar-refractivity contribution in [2.24, 2.45) is 0 Å². The van der Waals surface area contributed by atoms with E-state index in [0.717, 1.165) is 11.4 Å². The van der Waals surface area contributed by atoms with E-state index in [-0.39, 0.29) is 12.5 Å².